The highest BCUT2D eigenvalue weighted by Gasteiger charge is 2.31. The predicted octanol–water partition coefficient (Wildman–Crippen LogP) is 4.36. The van der Waals surface area contributed by atoms with E-state index in [0.29, 0.717) is 12.2 Å². The quantitative estimate of drug-likeness (QED) is 0.588. The molecule has 0 bridgehead atoms. The highest BCUT2D eigenvalue weighted by atomic mass is 16.1. The molecule has 0 aromatic carbocycles. The van der Waals surface area contributed by atoms with E-state index in [1.807, 2.05) is 0 Å². The zero-order valence-electron chi connectivity index (χ0n) is 12.2. The molecular weight excluding hydrogens is 222 g/mol. The standard InChI is InChI=1S/C16H31NO/c1-2-3-4-5-6-7-8-11-15(18)14-16(17)12-9-10-13-16/h2-14,17H2,1H3. The first-order valence-corrected chi connectivity index (χ1v) is 7.97. The summed E-state index contributed by atoms with van der Waals surface area (Å²) in [5.74, 6) is 0.396. The number of rotatable bonds is 10. The van der Waals surface area contributed by atoms with Crippen LogP contribution in [0.3, 0.4) is 0 Å². The number of Topliss-reactive ketones (excluding diaryl/α,β-unsaturated/α-hetero) is 1. The van der Waals surface area contributed by atoms with Crippen LogP contribution >= 0.6 is 0 Å². The molecule has 1 fully saturated rings. The summed E-state index contributed by atoms with van der Waals surface area (Å²) in [6.45, 7) is 2.24. The van der Waals surface area contributed by atoms with Crippen LogP contribution in [-0.4, -0.2) is 11.3 Å². The maximum atomic E-state index is 11.9. The van der Waals surface area contributed by atoms with E-state index >= 15 is 0 Å². The van der Waals surface area contributed by atoms with Gasteiger partial charge in [-0.2, -0.15) is 0 Å². The number of nitrogens with two attached hydrogens (primary N) is 1. The molecule has 1 rings (SSSR count). The number of carbonyl (C=O) groups is 1. The lowest BCUT2D eigenvalue weighted by Crippen LogP contribution is -2.38. The lowest BCUT2D eigenvalue weighted by molar-refractivity contribution is -0.120. The van der Waals surface area contributed by atoms with Crippen molar-refractivity contribution in [3.05, 3.63) is 0 Å². The van der Waals surface area contributed by atoms with Crippen molar-refractivity contribution >= 4 is 5.78 Å². The van der Waals surface area contributed by atoms with E-state index in [4.69, 9.17) is 5.73 Å². The molecule has 0 atom stereocenters. The van der Waals surface area contributed by atoms with Gasteiger partial charge in [0.15, 0.2) is 0 Å². The third-order valence-corrected chi connectivity index (χ3v) is 4.21. The molecule has 0 radical (unpaired) electrons. The molecule has 18 heavy (non-hydrogen) atoms. The van der Waals surface area contributed by atoms with Crippen LogP contribution in [0.5, 0.6) is 0 Å². The second kappa shape index (κ2) is 8.68. The molecule has 0 unspecified atom stereocenters. The van der Waals surface area contributed by atoms with E-state index in [9.17, 15) is 4.79 Å². The second-order valence-corrected chi connectivity index (χ2v) is 6.16. The highest BCUT2D eigenvalue weighted by Crippen LogP contribution is 2.30. The Labute approximate surface area is 113 Å². The maximum absolute atomic E-state index is 11.9. The Hall–Kier alpha value is -0.370. The fraction of sp³-hybridized carbons (Fsp3) is 0.938. The molecule has 106 valence electrons. The number of ketones is 1. The molecule has 0 aliphatic heterocycles. The van der Waals surface area contributed by atoms with Crippen molar-refractivity contribution in [1.82, 2.24) is 0 Å². The molecule has 1 saturated carbocycles. The number of hydrogen-bond acceptors (Lipinski definition) is 2. The normalized spacial score (nSPS) is 18.1. The van der Waals surface area contributed by atoms with Crippen molar-refractivity contribution in [1.29, 1.82) is 0 Å². The smallest absolute Gasteiger partial charge is 0.134 e. The van der Waals surface area contributed by atoms with Crippen LogP contribution in [0.25, 0.3) is 0 Å². The average Bonchev–Trinajstić information content (AvgIpc) is 2.74. The molecule has 2 heteroatoms. The summed E-state index contributed by atoms with van der Waals surface area (Å²) in [6, 6.07) is 0. The first kappa shape index (κ1) is 15.7. The van der Waals surface area contributed by atoms with Crippen molar-refractivity contribution < 1.29 is 4.79 Å². The van der Waals surface area contributed by atoms with Gasteiger partial charge in [-0.3, -0.25) is 4.79 Å². The first-order chi connectivity index (χ1) is 8.66. The van der Waals surface area contributed by atoms with Crippen LogP contribution in [0.1, 0.15) is 90.4 Å². The van der Waals surface area contributed by atoms with Gasteiger partial charge in [0, 0.05) is 18.4 Å². The second-order valence-electron chi connectivity index (χ2n) is 6.16. The van der Waals surface area contributed by atoms with E-state index in [0.717, 1.165) is 25.7 Å². The van der Waals surface area contributed by atoms with E-state index in [1.165, 1.54) is 51.4 Å². The van der Waals surface area contributed by atoms with Gasteiger partial charge in [-0.15, -0.1) is 0 Å². The molecule has 0 spiro atoms. The van der Waals surface area contributed by atoms with Crippen LogP contribution in [0, 0.1) is 0 Å². The molecule has 2 N–H and O–H groups in total. The van der Waals surface area contributed by atoms with Gasteiger partial charge < -0.3 is 5.73 Å². The van der Waals surface area contributed by atoms with Crippen molar-refractivity contribution in [3.8, 4) is 0 Å². The van der Waals surface area contributed by atoms with Crippen molar-refractivity contribution in [2.24, 2.45) is 5.73 Å². The van der Waals surface area contributed by atoms with E-state index in [1.54, 1.807) is 0 Å². The Morgan fingerprint density at radius 3 is 2.17 bits per heavy atom. The number of hydrogen-bond donors (Lipinski definition) is 1. The van der Waals surface area contributed by atoms with Gasteiger partial charge in [-0.1, -0.05) is 58.3 Å². The van der Waals surface area contributed by atoms with Gasteiger partial charge in [-0.25, -0.2) is 0 Å². The lowest BCUT2D eigenvalue weighted by atomic mass is 9.90. The molecule has 0 amide bonds. The van der Waals surface area contributed by atoms with E-state index < -0.39 is 0 Å². The van der Waals surface area contributed by atoms with Gasteiger partial charge in [-0.05, 0) is 19.3 Å². The molecular formula is C16H31NO. The third-order valence-electron chi connectivity index (χ3n) is 4.21. The van der Waals surface area contributed by atoms with Gasteiger partial charge in [0.2, 0.25) is 0 Å². The minimum absolute atomic E-state index is 0.141. The summed E-state index contributed by atoms with van der Waals surface area (Å²) >= 11 is 0. The fourth-order valence-electron chi connectivity index (χ4n) is 3.02. The Balaban J connectivity index is 1.97. The highest BCUT2D eigenvalue weighted by molar-refractivity contribution is 5.79. The van der Waals surface area contributed by atoms with Crippen molar-refractivity contribution in [2.45, 2.75) is 95.9 Å². The first-order valence-electron chi connectivity index (χ1n) is 7.97. The van der Waals surface area contributed by atoms with Gasteiger partial charge in [0.25, 0.3) is 0 Å². The molecule has 0 aromatic heterocycles. The monoisotopic (exact) mass is 253 g/mol. The molecule has 1 aliphatic rings. The topological polar surface area (TPSA) is 43.1 Å². The zero-order chi connectivity index (χ0) is 13.3. The van der Waals surface area contributed by atoms with Crippen molar-refractivity contribution in [2.75, 3.05) is 0 Å². The Kier molecular flexibility index (Phi) is 7.57. The summed E-state index contributed by atoms with van der Waals surface area (Å²) in [5, 5.41) is 0. The summed E-state index contributed by atoms with van der Waals surface area (Å²) < 4.78 is 0. The van der Waals surface area contributed by atoms with Crippen LogP contribution in [-0.2, 0) is 4.79 Å². The summed E-state index contributed by atoms with van der Waals surface area (Å²) in [5.41, 5.74) is 6.08. The summed E-state index contributed by atoms with van der Waals surface area (Å²) in [6.07, 6.45) is 14.8. The van der Waals surface area contributed by atoms with Crippen molar-refractivity contribution in [3.63, 3.8) is 0 Å². The summed E-state index contributed by atoms with van der Waals surface area (Å²) in [4.78, 5) is 11.9. The van der Waals surface area contributed by atoms with Crippen LogP contribution in [0.2, 0.25) is 0 Å². The Morgan fingerprint density at radius 2 is 1.56 bits per heavy atom. The predicted molar refractivity (Wildman–Crippen MR) is 77.6 cm³/mol. The molecule has 1 aliphatic carbocycles. The number of unbranched alkanes of at least 4 members (excludes halogenated alkanes) is 6. The van der Waals surface area contributed by atoms with Crippen LogP contribution in [0.15, 0.2) is 0 Å². The molecule has 0 aromatic rings. The Morgan fingerprint density at radius 1 is 1.00 bits per heavy atom. The molecule has 0 saturated heterocycles. The SMILES string of the molecule is CCCCCCCCCC(=O)CC1(N)CCCC1. The fourth-order valence-corrected chi connectivity index (χ4v) is 3.02. The van der Waals surface area contributed by atoms with E-state index in [-0.39, 0.29) is 5.54 Å². The van der Waals surface area contributed by atoms with E-state index in [2.05, 4.69) is 6.92 Å². The zero-order valence-corrected chi connectivity index (χ0v) is 12.2. The largest absolute Gasteiger partial charge is 0.325 e. The maximum Gasteiger partial charge on any atom is 0.134 e. The molecule has 0 heterocycles. The molecule has 2 nitrogen and oxygen atoms in total. The van der Waals surface area contributed by atoms with Crippen LogP contribution in [0.4, 0.5) is 0 Å². The van der Waals surface area contributed by atoms with Gasteiger partial charge >= 0.3 is 0 Å². The van der Waals surface area contributed by atoms with Crippen LogP contribution < -0.4 is 5.73 Å². The Bertz CT molecular complexity index is 231. The third kappa shape index (κ3) is 6.53. The van der Waals surface area contributed by atoms with Gasteiger partial charge in [0.05, 0.1) is 0 Å². The minimum Gasteiger partial charge on any atom is -0.325 e. The summed E-state index contributed by atoms with van der Waals surface area (Å²) in [7, 11) is 0. The average molecular weight is 253 g/mol. The minimum atomic E-state index is -0.141. The van der Waals surface area contributed by atoms with Gasteiger partial charge in [0.1, 0.15) is 5.78 Å². The lowest BCUT2D eigenvalue weighted by Gasteiger charge is -2.22. The number of carbonyl (C=O) groups excluding carboxylic acids is 1.